The molecule has 2 aromatic carbocycles. The highest BCUT2D eigenvalue weighted by atomic mass is 79.9. The van der Waals surface area contributed by atoms with Gasteiger partial charge >= 0.3 is 5.82 Å². The van der Waals surface area contributed by atoms with E-state index >= 15 is 0 Å². The van der Waals surface area contributed by atoms with Gasteiger partial charge in [0.25, 0.3) is 0 Å². The van der Waals surface area contributed by atoms with Gasteiger partial charge in [-0.05, 0) is 76.3 Å². The third kappa shape index (κ3) is 4.68. The molecule has 0 saturated heterocycles. The number of nitrogens with zero attached hydrogens (tertiary/aromatic N) is 3. The first-order valence-electron chi connectivity index (χ1n) is 8.04. The zero-order valence-corrected chi connectivity index (χ0v) is 16.9. The van der Waals surface area contributed by atoms with Crippen LogP contribution >= 0.6 is 27.5 Å². The number of carbonyl (C=O) groups excluding carboxylic acids is 1. The molecule has 0 aliphatic carbocycles. The number of amides is 1. The molecule has 0 aliphatic heterocycles. The molecule has 0 radical (unpaired) electrons. The topological polar surface area (TPSA) is 99.3 Å². The predicted molar refractivity (Wildman–Crippen MR) is 108 cm³/mol. The molecular formula is C18H14BrClN4O4. The number of hydrogen-bond acceptors (Lipinski definition) is 5. The van der Waals surface area contributed by atoms with Gasteiger partial charge in [-0.25, -0.2) is 0 Å². The molecule has 3 rings (SSSR count). The van der Waals surface area contributed by atoms with Crippen molar-refractivity contribution >= 4 is 44.9 Å². The molecule has 28 heavy (non-hydrogen) atoms. The van der Waals surface area contributed by atoms with E-state index in [9.17, 15) is 14.9 Å². The fourth-order valence-corrected chi connectivity index (χ4v) is 2.92. The smallest absolute Gasteiger partial charge is 0.404 e. The third-order valence-electron chi connectivity index (χ3n) is 3.77. The molecule has 0 unspecified atom stereocenters. The molecule has 8 nitrogen and oxygen atoms in total. The van der Waals surface area contributed by atoms with E-state index in [2.05, 4.69) is 26.3 Å². The zero-order valence-electron chi connectivity index (χ0n) is 14.6. The van der Waals surface area contributed by atoms with Crippen molar-refractivity contribution in [3.8, 4) is 11.5 Å². The molecule has 3 aromatic rings. The average Bonchev–Trinajstić information content (AvgIpc) is 2.94. The van der Waals surface area contributed by atoms with Crippen molar-refractivity contribution in [1.82, 2.24) is 9.78 Å². The lowest BCUT2D eigenvalue weighted by Gasteiger charge is -2.08. The number of anilines is 1. The Morgan fingerprint density at radius 1 is 1.21 bits per heavy atom. The van der Waals surface area contributed by atoms with Crippen molar-refractivity contribution < 1.29 is 14.5 Å². The lowest BCUT2D eigenvalue weighted by Crippen LogP contribution is -2.20. The molecule has 1 amide bonds. The fourth-order valence-electron chi connectivity index (χ4n) is 2.36. The van der Waals surface area contributed by atoms with Crippen LogP contribution in [0.4, 0.5) is 11.5 Å². The maximum atomic E-state index is 12.2. The van der Waals surface area contributed by atoms with Crippen molar-refractivity contribution in [1.29, 1.82) is 0 Å². The van der Waals surface area contributed by atoms with Gasteiger partial charge < -0.3 is 20.2 Å². The molecule has 1 aromatic heterocycles. The normalized spacial score (nSPS) is 10.5. The lowest BCUT2D eigenvalue weighted by atomic mass is 10.3. The summed E-state index contributed by atoms with van der Waals surface area (Å²) in [7, 11) is 0. The van der Waals surface area contributed by atoms with Gasteiger partial charge in [-0.1, -0.05) is 11.6 Å². The number of halogens is 2. The van der Waals surface area contributed by atoms with Gasteiger partial charge in [0.05, 0.1) is 10.8 Å². The monoisotopic (exact) mass is 464 g/mol. The minimum atomic E-state index is -0.606. The van der Waals surface area contributed by atoms with Crippen LogP contribution in [0.1, 0.15) is 5.69 Å². The first-order valence-corrected chi connectivity index (χ1v) is 9.21. The van der Waals surface area contributed by atoms with Crippen molar-refractivity contribution in [2.45, 2.75) is 13.5 Å². The van der Waals surface area contributed by atoms with Gasteiger partial charge in [0, 0.05) is 10.7 Å². The number of aromatic nitrogens is 2. The SMILES string of the molecule is Cc1c(Br)c([N+](=O)[O-])nn1CC(=O)Nc1ccc(Oc2ccc(Cl)cc2)cc1. The second-order valence-corrected chi connectivity index (χ2v) is 7.00. The molecule has 10 heteroatoms. The number of hydrogen-bond donors (Lipinski definition) is 1. The van der Waals surface area contributed by atoms with Crippen LogP contribution in [0.3, 0.4) is 0 Å². The highest BCUT2D eigenvalue weighted by Gasteiger charge is 2.24. The van der Waals surface area contributed by atoms with Gasteiger partial charge in [-0.15, -0.1) is 0 Å². The first kappa shape index (κ1) is 19.8. The highest BCUT2D eigenvalue weighted by Crippen LogP contribution is 2.27. The van der Waals surface area contributed by atoms with E-state index in [1.54, 1.807) is 55.5 Å². The summed E-state index contributed by atoms with van der Waals surface area (Å²) in [5.41, 5.74) is 1.06. The molecule has 0 bridgehead atoms. The van der Waals surface area contributed by atoms with Crippen LogP contribution in [-0.4, -0.2) is 20.6 Å². The van der Waals surface area contributed by atoms with Crippen LogP contribution < -0.4 is 10.1 Å². The van der Waals surface area contributed by atoms with Gasteiger partial charge in [0.1, 0.15) is 22.5 Å². The molecule has 144 valence electrons. The van der Waals surface area contributed by atoms with Crippen LogP contribution in [0.5, 0.6) is 11.5 Å². The molecule has 0 aliphatic rings. The standard InChI is InChI=1S/C18H14BrClN4O4/c1-11-17(19)18(24(26)27)22-23(11)10-16(25)21-13-4-8-15(9-5-13)28-14-6-2-12(20)3-7-14/h2-9H,10H2,1H3,(H,21,25). The van der Waals surface area contributed by atoms with E-state index in [4.69, 9.17) is 16.3 Å². The van der Waals surface area contributed by atoms with E-state index in [1.807, 2.05) is 0 Å². The quantitative estimate of drug-likeness (QED) is 0.410. The molecule has 1 heterocycles. The Morgan fingerprint density at radius 2 is 1.79 bits per heavy atom. The number of carbonyl (C=O) groups is 1. The second kappa shape index (κ2) is 8.41. The Morgan fingerprint density at radius 3 is 2.32 bits per heavy atom. The van der Waals surface area contributed by atoms with Crippen molar-refractivity contribution in [2.75, 3.05) is 5.32 Å². The molecule has 0 fully saturated rings. The number of rotatable bonds is 6. The van der Waals surface area contributed by atoms with E-state index in [1.165, 1.54) is 4.68 Å². The van der Waals surface area contributed by atoms with Crippen LogP contribution in [0.2, 0.25) is 5.02 Å². The first-order chi connectivity index (χ1) is 13.3. The fraction of sp³-hybridized carbons (Fsp3) is 0.111. The predicted octanol–water partition coefficient (Wildman–Crippen LogP) is 4.95. The van der Waals surface area contributed by atoms with Gasteiger partial charge in [-0.2, -0.15) is 4.68 Å². The minimum absolute atomic E-state index is 0.151. The van der Waals surface area contributed by atoms with E-state index in [-0.39, 0.29) is 22.7 Å². The second-order valence-electron chi connectivity index (χ2n) is 5.77. The Labute approximate surface area is 173 Å². The van der Waals surface area contributed by atoms with Crippen LogP contribution in [-0.2, 0) is 11.3 Å². The summed E-state index contributed by atoms with van der Waals surface area (Å²) in [6.45, 7) is 1.49. The molecule has 1 N–H and O–H groups in total. The van der Waals surface area contributed by atoms with Crippen LogP contribution in [0.25, 0.3) is 0 Å². The summed E-state index contributed by atoms with van der Waals surface area (Å²) >= 11 is 8.96. The summed E-state index contributed by atoms with van der Waals surface area (Å²) in [5, 5.41) is 18.1. The summed E-state index contributed by atoms with van der Waals surface area (Å²) in [4.78, 5) is 22.5. The van der Waals surface area contributed by atoms with Crippen molar-refractivity contribution in [2.24, 2.45) is 0 Å². The Hall–Kier alpha value is -2.91. The summed E-state index contributed by atoms with van der Waals surface area (Å²) in [6.07, 6.45) is 0. The average molecular weight is 466 g/mol. The van der Waals surface area contributed by atoms with Gasteiger partial charge in [-0.3, -0.25) is 4.79 Å². The number of nitrogens with one attached hydrogen (secondary N) is 1. The van der Waals surface area contributed by atoms with Crippen LogP contribution in [0.15, 0.2) is 53.0 Å². The van der Waals surface area contributed by atoms with E-state index in [0.717, 1.165) is 0 Å². The van der Waals surface area contributed by atoms with Crippen molar-refractivity contribution in [3.63, 3.8) is 0 Å². The Balaban J connectivity index is 1.62. The maximum absolute atomic E-state index is 12.2. The van der Waals surface area contributed by atoms with Gasteiger partial charge in [0.2, 0.25) is 5.91 Å². The molecular weight excluding hydrogens is 452 g/mol. The number of nitro groups is 1. The minimum Gasteiger partial charge on any atom is -0.457 e. The largest absolute Gasteiger partial charge is 0.457 e. The summed E-state index contributed by atoms with van der Waals surface area (Å²) < 4.78 is 7.22. The lowest BCUT2D eigenvalue weighted by molar-refractivity contribution is -0.390. The number of benzene rings is 2. The number of ether oxygens (including phenoxy) is 1. The van der Waals surface area contributed by atoms with Crippen molar-refractivity contribution in [3.05, 3.63) is 73.8 Å². The Kier molecular flexibility index (Phi) is 5.96. The van der Waals surface area contributed by atoms with Gasteiger partial charge in [0.15, 0.2) is 0 Å². The third-order valence-corrected chi connectivity index (χ3v) is 4.95. The molecule has 0 atom stereocenters. The zero-order chi connectivity index (χ0) is 20.3. The molecule has 0 spiro atoms. The molecule has 0 saturated carbocycles. The van der Waals surface area contributed by atoms with E-state index in [0.29, 0.717) is 27.9 Å². The van der Waals surface area contributed by atoms with Crippen LogP contribution in [0, 0.1) is 17.0 Å². The highest BCUT2D eigenvalue weighted by molar-refractivity contribution is 9.10. The summed E-state index contributed by atoms with van der Waals surface area (Å²) in [5.74, 6) is 0.554. The maximum Gasteiger partial charge on any atom is 0.404 e. The van der Waals surface area contributed by atoms with E-state index < -0.39 is 4.92 Å². The Bertz CT molecular complexity index is 1020. The summed E-state index contributed by atoms with van der Waals surface area (Å²) in [6, 6.07) is 13.8.